The van der Waals surface area contributed by atoms with Crippen molar-refractivity contribution in [3.05, 3.63) is 65.2 Å². The third-order valence-corrected chi connectivity index (χ3v) is 4.90. The van der Waals surface area contributed by atoms with Crippen LogP contribution >= 0.6 is 0 Å². The van der Waals surface area contributed by atoms with Gasteiger partial charge in [0.1, 0.15) is 12.4 Å². The first-order valence-electron chi connectivity index (χ1n) is 8.94. The molecule has 0 saturated heterocycles. The number of aliphatic hydroxyl groups excluding tert-OH is 1. The molecule has 4 nitrogen and oxygen atoms in total. The molecule has 0 aromatic heterocycles. The SMILES string of the molecule is CN(Cc1ccccc1OCCO)C[C@H]1Cc2ccccc2CN1C. The van der Waals surface area contributed by atoms with Crippen LogP contribution in [0.2, 0.25) is 0 Å². The van der Waals surface area contributed by atoms with E-state index in [1.54, 1.807) is 0 Å². The third kappa shape index (κ3) is 4.60. The molecule has 0 aliphatic carbocycles. The maximum absolute atomic E-state index is 8.99. The van der Waals surface area contributed by atoms with E-state index >= 15 is 0 Å². The average molecular weight is 340 g/mol. The molecule has 0 bridgehead atoms. The number of aliphatic hydroxyl groups is 1. The van der Waals surface area contributed by atoms with Crippen molar-refractivity contribution in [2.45, 2.75) is 25.6 Å². The lowest BCUT2D eigenvalue weighted by Crippen LogP contribution is -2.44. The molecule has 134 valence electrons. The van der Waals surface area contributed by atoms with Crippen LogP contribution in [-0.4, -0.2) is 54.8 Å². The van der Waals surface area contributed by atoms with Crippen molar-refractivity contribution in [2.75, 3.05) is 33.9 Å². The van der Waals surface area contributed by atoms with E-state index in [4.69, 9.17) is 9.84 Å². The maximum atomic E-state index is 8.99. The Bertz CT molecular complexity index is 689. The van der Waals surface area contributed by atoms with Crippen LogP contribution in [0.5, 0.6) is 5.75 Å². The number of ether oxygens (including phenoxy) is 1. The monoisotopic (exact) mass is 340 g/mol. The van der Waals surface area contributed by atoms with Crippen molar-refractivity contribution in [1.29, 1.82) is 0 Å². The predicted molar refractivity (Wildman–Crippen MR) is 101 cm³/mol. The summed E-state index contributed by atoms with van der Waals surface area (Å²) < 4.78 is 5.66. The molecule has 0 saturated carbocycles. The molecule has 2 aromatic carbocycles. The first kappa shape index (κ1) is 17.9. The summed E-state index contributed by atoms with van der Waals surface area (Å²) in [6, 6.07) is 17.4. The first-order valence-corrected chi connectivity index (χ1v) is 8.94. The Morgan fingerprint density at radius 1 is 1.12 bits per heavy atom. The van der Waals surface area contributed by atoms with Gasteiger partial charge < -0.3 is 14.7 Å². The molecule has 0 radical (unpaired) electrons. The van der Waals surface area contributed by atoms with Gasteiger partial charge in [0.25, 0.3) is 0 Å². The van der Waals surface area contributed by atoms with Crippen molar-refractivity contribution >= 4 is 0 Å². The fraction of sp³-hybridized carbons (Fsp3) is 0.429. The summed E-state index contributed by atoms with van der Waals surface area (Å²) in [5.41, 5.74) is 4.09. The zero-order valence-corrected chi connectivity index (χ0v) is 15.2. The van der Waals surface area contributed by atoms with Crippen molar-refractivity contribution in [2.24, 2.45) is 0 Å². The standard InChI is InChI=1S/C21H28N2O2/c1-22(14-19-9-5-6-10-21(19)25-12-11-24)16-20-13-17-7-3-4-8-18(17)15-23(20)2/h3-10,20,24H,11-16H2,1-2H3/t20-/m1/s1. The highest BCUT2D eigenvalue weighted by Gasteiger charge is 2.24. The Morgan fingerprint density at radius 2 is 1.84 bits per heavy atom. The van der Waals surface area contributed by atoms with Crippen LogP contribution in [0.1, 0.15) is 16.7 Å². The van der Waals surface area contributed by atoms with E-state index in [-0.39, 0.29) is 6.61 Å². The van der Waals surface area contributed by atoms with Gasteiger partial charge in [-0.1, -0.05) is 42.5 Å². The molecule has 1 atom stereocenters. The van der Waals surface area contributed by atoms with Crippen LogP contribution in [0.15, 0.2) is 48.5 Å². The van der Waals surface area contributed by atoms with Gasteiger partial charge in [-0.05, 0) is 37.7 Å². The lowest BCUT2D eigenvalue weighted by molar-refractivity contribution is 0.156. The molecular weight excluding hydrogens is 312 g/mol. The smallest absolute Gasteiger partial charge is 0.123 e. The molecule has 1 aliphatic heterocycles. The Hall–Kier alpha value is -1.88. The van der Waals surface area contributed by atoms with Crippen LogP contribution in [0.25, 0.3) is 0 Å². The van der Waals surface area contributed by atoms with Crippen LogP contribution in [0.4, 0.5) is 0 Å². The van der Waals surface area contributed by atoms with Gasteiger partial charge >= 0.3 is 0 Å². The zero-order valence-electron chi connectivity index (χ0n) is 15.2. The molecule has 4 heteroatoms. The van der Waals surface area contributed by atoms with Crippen LogP contribution < -0.4 is 4.74 Å². The molecule has 3 rings (SSSR count). The van der Waals surface area contributed by atoms with E-state index in [1.165, 1.54) is 11.1 Å². The topological polar surface area (TPSA) is 35.9 Å². The van der Waals surface area contributed by atoms with Crippen LogP contribution in [0.3, 0.4) is 0 Å². The highest BCUT2D eigenvalue weighted by molar-refractivity contribution is 5.33. The van der Waals surface area contributed by atoms with Gasteiger partial charge in [-0.2, -0.15) is 0 Å². The number of hydrogen-bond acceptors (Lipinski definition) is 4. The van der Waals surface area contributed by atoms with Gasteiger partial charge in [0.2, 0.25) is 0 Å². The Balaban J connectivity index is 1.62. The van der Waals surface area contributed by atoms with E-state index in [0.717, 1.165) is 37.4 Å². The third-order valence-electron chi connectivity index (χ3n) is 4.90. The minimum atomic E-state index is 0.0381. The lowest BCUT2D eigenvalue weighted by Gasteiger charge is -2.36. The van der Waals surface area contributed by atoms with E-state index < -0.39 is 0 Å². The number of benzene rings is 2. The number of likely N-dealkylation sites (N-methyl/N-ethyl adjacent to an activating group) is 2. The summed E-state index contributed by atoms with van der Waals surface area (Å²) >= 11 is 0. The van der Waals surface area contributed by atoms with Gasteiger partial charge in [-0.3, -0.25) is 4.90 Å². The normalized spacial score (nSPS) is 17.5. The Morgan fingerprint density at radius 3 is 2.64 bits per heavy atom. The predicted octanol–water partition coefficient (Wildman–Crippen LogP) is 2.55. The average Bonchev–Trinajstić information content (AvgIpc) is 2.61. The lowest BCUT2D eigenvalue weighted by atomic mass is 9.94. The largest absolute Gasteiger partial charge is 0.491 e. The molecule has 1 heterocycles. The van der Waals surface area contributed by atoms with Crippen molar-refractivity contribution in [3.63, 3.8) is 0 Å². The molecule has 0 fully saturated rings. The molecule has 1 N–H and O–H groups in total. The highest BCUT2D eigenvalue weighted by atomic mass is 16.5. The molecule has 0 amide bonds. The second kappa shape index (κ2) is 8.48. The van der Waals surface area contributed by atoms with Gasteiger partial charge in [0, 0.05) is 31.2 Å². The summed E-state index contributed by atoms with van der Waals surface area (Å²) in [5, 5.41) is 8.99. The molecule has 2 aromatic rings. The summed E-state index contributed by atoms with van der Waals surface area (Å²) in [4.78, 5) is 4.81. The number of nitrogens with zero attached hydrogens (tertiary/aromatic N) is 2. The van der Waals surface area contributed by atoms with E-state index in [1.807, 2.05) is 18.2 Å². The fourth-order valence-electron chi connectivity index (χ4n) is 3.57. The minimum Gasteiger partial charge on any atom is -0.491 e. The van der Waals surface area contributed by atoms with Gasteiger partial charge in [0.05, 0.1) is 6.61 Å². The second-order valence-electron chi connectivity index (χ2n) is 6.92. The van der Waals surface area contributed by atoms with Crippen molar-refractivity contribution in [3.8, 4) is 5.75 Å². The molecular formula is C21H28N2O2. The molecule has 0 spiro atoms. The molecule has 25 heavy (non-hydrogen) atoms. The minimum absolute atomic E-state index is 0.0381. The van der Waals surface area contributed by atoms with Gasteiger partial charge in [-0.25, -0.2) is 0 Å². The Kier molecular flexibility index (Phi) is 6.08. The first-order chi connectivity index (χ1) is 12.2. The number of para-hydroxylation sites is 1. The molecule has 1 aliphatic rings. The van der Waals surface area contributed by atoms with Gasteiger partial charge in [0.15, 0.2) is 0 Å². The maximum Gasteiger partial charge on any atom is 0.123 e. The van der Waals surface area contributed by atoms with E-state index in [2.05, 4.69) is 54.2 Å². The van der Waals surface area contributed by atoms with E-state index in [9.17, 15) is 0 Å². The quantitative estimate of drug-likeness (QED) is 0.840. The fourth-order valence-corrected chi connectivity index (χ4v) is 3.57. The van der Waals surface area contributed by atoms with E-state index in [0.29, 0.717) is 12.6 Å². The summed E-state index contributed by atoms with van der Waals surface area (Å²) in [5.74, 6) is 0.866. The number of hydrogen-bond donors (Lipinski definition) is 1. The van der Waals surface area contributed by atoms with Gasteiger partial charge in [-0.15, -0.1) is 0 Å². The summed E-state index contributed by atoms with van der Waals surface area (Å²) in [6.45, 7) is 3.25. The second-order valence-corrected chi connectivity index (χ2v) is 6.92. The highest BCUT2D eigenvalue weighted by Crippen LogP contribution is 2.24. The summed E-state index contributed by atoms with van der Waals surface area (Å²) in [6.07, 6.45) is 1.10. The van der Waals surface area contributed by atoms with Crippen LogP contribution in [0, 0.1) is 0 Å². The zero-order chi connectivity index (χ0) is 17.6. The molecule has 0 unspecified atom stereocenters. The number of rotatable bonds is 7. The number of fused-ring (bicyclic) bond motifs is 1. The van der Waals surface area contributed by atoms with Crippen molar-refractivity contribution in [1.82, 2.24) is 9.80 Å². The summed E-state index contributed by atoms with van der Waals surface area (Å²) in [7, 11) is 4.38. The van der Waals surface area contributed by atoms with Crippen molar-refractivity contribution < 1.29 is 9.84 Å². The van der Waals surface area contributed by atoms with Crippen LogP contribution in [-0.2, 0) is 19.5 Å². The Labute approximate surface area is 150 Å².